The van der Waals surface area contributed by atoms with E-state index in [-0.39, 0.29) is 55.4 Å². The molecule has 11 nitrogen and oxygen atoms in total. The molecular weight excluding hydrogens is 658 g/mol. The van der Waals surface area contributed by atoms with Gasteiger partial charge in [0.15, 0.2) is 0 Å². The van der Waals surface area contributed by atoms with E-state index in [2.05, 4.69) is 51.6 Å². The number of aliphatic hydroxyl groups excluding tert-OH is 1. The Labute approximate surface area is 305 Å². The van der Waals surface area contributed by atoms with Crippen LogP contribution < -0.4 is 26.2 Å². The number of unbranched alkanes of at least 4 members (excludes halogenated alkanes) is 1. The van der Waals surface area contributed by atoms with Crippen molar-refractivity contribution in [1.29, 1.82) is 0 Å². The molecule has 5 rings (SSSR count). The van der Waals surface area contributed by atoms with Gasteiger partial charge in [0.1, 0.15) is 12.1 Å². The highest BCUT2D eigenvalue weighted by molar-refractivity contribution is 5.98. The van der Waals surface area contributed by atoms with Crippen molar-refractivity contribution in [1.82, 2.24) is 16.0 Å². The van der Waals surface area contributed by atoms with E-state index in [9.17, 15) is 29.1 Å². The summed E-state index contributed by atoms with van der Waals surface area (Å²) < 4.78 is 0. The summed E-state index contributed by atoms with van der Waals surface area (Å²) in [7, 11) is 0. The van der Waals surface area contributed by atoms with E-state index in [1.807, 2.05) is 49.1 Å². The third kappa shape index (κ3) is 9.52. The molecule has 0 radical (unpaired) electrons. The van der Waals surface area contributed by atoms with Gasteiger partial charge in [0, 0.05) is 49.0 Å². The zero-order valence-electron chi connectivity index (χ0n) is 30.1. The maximum atomic E-state index is 13.6. The number of nitrogens with one attached hydrogen (secondary N) is 4. The van der Waals surface area contributed by atoms with Crippen molar-refractivity contribution >= 4 is 40.9 Å². The number of aliphatic hydroxyl groups is 1. The zero-order valence-corrected chi connectivity index (χ0v) is 30.1. The van der Waals surface area contributed by atoms with Gasteiger partial charge in [-0.3, -0.25) is 24.0 Å². The number of amides is 5. The number of hydrogen-bond acceptors (Lipinski definition) is 6. The van der Waals surface area contributed by atoms with E-state index < -0.39 is 23.9 Å². The molecular formula is C41H49N5O6. The Kier molecular flexibility index (Phi) is 13.0. The minimum absolute atomic E-state index is 0.0587. The van der Waals surface area contributed by atoms with Crippen LogP contribution in [0, 0.1) is 5.92 Å². The summed E-state index contributed by atoms with van der Waals surface area (Å²) in [6.07, 6.45) is 5.76. The first-order valence-corrected chi connectivity index (χ1v) is 18.1. The molecule has 11 heteroatoms. The number of carbonyl (C=O) groups is 5. The normalized spacial score (nSPS) is 16.8. The average Bonchev–Trinajstić information content (AvgIpc) is 3.11. The smallest absolute Gasteiger partial charge is 0.246 e. The highest BCUT2D eigenvalue weighted by Crippen LogP contribution is 2.48. The number of anilines is 2. The fourth-order valence-electron chi connectivity index (χ4n) is 6.60. The second kappa shape index (κ2) is 17.8. The molecule has 274 valence electrons. The van der Waals surface area contributed by atoms with Crippen molar-refractivity contribution in [3.05, 3.63) is 107 Å². The molecule has 0 spiro atoms. The fourth-order valence-corrected chi connectivity index (χ4v) is 6.60. The molecule has 0 saturated carbocycles. The van der Waals surface area contributed by atoms with Gasteiger partial charge >= 0.3 is 0 Å². The van der Waals surface area contributed by atoms with Gasteiger partial charge in [-0.15, -0.1) is 0 Å². The van der Waals surface area contributed by atoms with Crippen molar-refractivity contribution < 1.29 is 29.1 Å². The highest BCUT2D eigenvalue weighted by atomic mass is 16.3. The van der Waals surface area contributed by atoms with Crippen LogP contribution in [0.15, 0.2) is 84.9 Å². The molecule has 0 saturated heterocycles. The largest absolute Gasteiger partial charge is 0.392 e. The van der Waals surface area contributed by atoms with E-state index in [4.69, 9.17) is 0 Å². The molecule has 1 aliphatic carbocycles. The summed E-state index contributed by atoms with van der Waals surface area (Å²) >= 11 is 0. The standard InChI is InChI=1S/C41H49N5O6/c1-26(2)39(41(52)43-27(3)40(51)44-30-17-15-28(25-47)16-18-30)45-37(49)14-8-9-23-42-36(48)21-22-38(50)46-24-29-10-4-5-11-31(29)32-19-20-33(32)34-12-6-7-13-35(34)46/h4-7,10-13,15-20,26-27,32-33,39,47H,8-9,14,21-25H2,1-3H3,(H,42,48)(H,43,52)(H,44,51)(H,45,49)/t27?,32?,33?,39-/m0/s1. The predicted molar refractivity (Wildman–Crippen MR) is 200 cm³/mol. The second-order valence-electron chi connectivity index (χ2n) is 13.8. The summed E-state index contributed by atoms with van der Waals surface area (Å²) in [5.74, 6) is -1.23. The number of nitrogens with zero attached hydrogens (tertiary/aromatic N) is 1. The molecule has 5 amide bonds. The molecule has 0 aromatic heterocycles. The molecule has 1 aliphatic heterocycles. The van der Waals surface area contributed by atoms with Gasteiger partial charge in [-0.1, -0.05) is 80.6 Å². The van der Waals surface area contributed by atoms with E-state index in [1.54, 1.807) is 31.2 Å². The summed E-state index contributed by atoms with van der Waals surface area (Å²) in [5, 5.41) is 20.2. The Morgan fingerprint density at radius 2 is 1.42 bits per heavy atom. The number of hydrogen-bond donors (Lipinski definition) is 5. The van der Waals surface area contributed by atoms with Gasteiger partial charge in [-0.2, -0.15) is 0 Å². The van der Waals surface area contributed by atoms with E-state index >= 15 is 0 Å². The zero-order chi connectivity index (χ0) is 37.2. The molecule has 2 aliphatic rings. The van der Waals surface area contributed by atoms with Crippen LogP contribution in [0.2, 0.25) is 0 Å². The Morgan fingerprint density at radius 1 is 0.750 bits per heavy atom. The first kappa shape index (κ1) is 38.0. The lowest BCUT2D eigenvalue weighted by atomic mass is 9.71. The van der Waals surface area contributed by atoms with Crippen molar-refractivity contribution in [2.24, 2.45) is 5.92 Å². The van der Waals surface area contributed by atoms with Crippen LogP contribution in [0.5, 0.6) is 0 Å². The number of para-hydroxylation sites is 1. The third-order valence-corrected chi connectivity index (χ3v) is 9.68. The van der Waals surface area contributed by atoms with Gasteiger partial charge < -0.3 is 31.3 Å². The van der Waals surface area contributed by atoms with Gasteiger partial charge in [0.25, 0.3) is 0 Å². The number of allylic oxidation sites excluding steroid dienone is 2. The first-order chi connectivity index (χ1) is 25.0. The Morgan fingerprint density at radius 3 is 2.12 bits per heavy atom. The van der Waals surface area contributed by atoms with Crippen molar-refractivity contribution in [2.75, 3.05) is 16.8 Å². The molecule has 0 bridgehead atoms. The van der Waals surface area contributed by atoms with E-state index in [1.165, 1.54) is 5.56 Å². The second-order valence-corrected chi connectivity index (χ2v) is 13.8. The fraction of sp³-hybridized carbons (Fsp3) is 0.390. The van der Waals surface area contributed by atoms with Crippen LogP contribution in [0.3, 0.4) is 0 Å². The molecule has 4 atom stereocenters. The summed E-state index contributed by atoms with van der Waals surface area (Å²) in [6.45, 7) is 5.89. The van der Waals surface area contributed by atoms with Crippen LogP contribution in [0.1, 0.15) is 87.0 Å². The highest BCUT2D eigenvalue weighted by Gasteiger charge is 2.35. The molecule has 5 N–H and O–H groups in total. The van der Waals surface area contributed by atoms with Crippen LogP contribution in [-0.4, -0.2) is 53.3 Å². The maximum Gasteiger partial charge on any atom is 0.246 e. The maximum absolute atomic E-state index is 13.6. The lowest BCUT2D eigenvalue weighted by molar-refractivity contribution is -0.131. The van der Waals surface area contributed by atoms with Gasteiger partial charge in [-0.25, -0.2) is 0 Å². The molecule has 0 fully saturated rings. The van der Waals surface area contributed by atoms with Crippen LogP contribution >= 0.6 is 0 Å². The van der Waals surface area contributed by atoms with E-state index in [0.29, 0.717) is 43.1 Å². The van der Waals surface area contributed by atoms with Gasteiger partial charge in [0.2, 0.25) is 29.5 Å². The molecule has 1 heterocycles. The summed E-state index contributed by atoms with van der Waals surface area (Å²) in [4.78, 5) is 66.5. The van der Waals surface area contributed by atoms with E-state index in [0.717, 1.165) is 16.8 Å². The topological polar surface area (TPSA) is 157 Å². The minimum atomic E-state index is -0.851. The molecule has 3 aromatic rings. The minimum Gasteiger partial charge on any atom is -0.392 e. The molecule has 3 unspecified atom stereocenters. The first-order valence-electron chi connectivity index (χ1n) is 18.1. The number of rotatable bonds is 15. The summed E-state index contributed by atoms with van der Waals surface area (Å²) in [6, 6.07) is 21.3. The number of fused-ring (bicyclic) bond motifs is 5. The lowest BCUT2D eigenvalue weighted by Crippen LogP contribution is -2.53. The number of carbonyl (C=O) groups excluding carboxylic acids is 5. The Hall–Kier alpha value is -5.29. The Bertz CT molecular complexity index is 1790. The van der Waals surface area contributed by atoms with Crippen LogP contribution in [0.4, 0.5) is 11.4 Å². The van der Waals surface area contributed by atoms with Gasteiger partial charge in [0.05, 0.1) is 13.2 Å². The SMILES string of the molecule is CC(NC(=O)[C@@H](NC(=O)CCCCNC(=O)CCC(=O)N1Cc2ccccc2C2C=CC2c2ccccc21)C(C)C)C(=O)Nc1ccc(CO)cc1. The average molecular weight is 708 g/mol. The van der Waals surface area contributed by atoms with Crippen molar-refractivity contribution in [3.63, 3.8) is 0 Å². The number of benzene rings is 3. The van der Waals surface area contributed by atoms with Crippen molar-refractivity contribution in [3.8, 4) is 0 Å². The monoisotopic (exact) mass is 707 g/mol. The molecule has 52 heavy (non-hydrogen) atoms. The summed E-state index contributed by atoms with van der Waals surface area (Å²) in [5.41, 5.74) is 5.59. The van der Waals surface area contributed by atoms with Crippen molar-refractivity contribution in [2.45, 2.75) is 89.9 Å². The lowest BCUT2D eigenvalue weighted by Gasteiger charge is -2.38. The molecule has 3 aromatic carbocycles. The van der Waals surface area contributed by atoms with Crippen LogP contribution in [-0.2, 0) is 37.1 Å². The predicted octanol–water partition coefficient (Wildman–Crippen LogP) is 4.81. The Balaban J connectivity index is 1.02. The van der Waals surface area contributed by atoms with Crippen LogP contribution in [0.25, 0.3) is 0 Å². The quantitative estimate of drug-likeness (QED) is 0.113. The third-order valence-electron chi connectivity index (χ3n) is 9.68. The van der Waals surface area contributed by atoms with Gasteiger partial charge in [-0.05, 0) is 66.1 Å².